The van der Waals surface area contributed by atoms with Gasteiger partial charge in [0.25, 0.3) is 11.8 Å². The summed E-state index contributed by atoms with van der Waals surface area (Å²) in [6.45, 7) is 8.42. The van der Waals surface area contributed by atoms with Gasteiger partial charge in [0.1, 0.15) is 0 Å². The van der Waals surface area contributed by atoms with Crippen LogP contribution in [0.3, 0.4) is 0 Å². The maximum Gasteiger partial charge on any atom is 0.266 e. The molecule has 7 rings (SSSR count). The average molecular weight is 523 g/mol. The van der Waals surface area contributed by atoms with Gasteiger partial charge >= 0.3 is 0 Å². The Bertz CT molecular complexity index is 1960. The molecule has 40 heavy (non-hydrogen) atoms. The molecule has 0 spiro atoms. The first-order valence-electron chi connectivity index (χ1n) is 13.9. The van der Waals surface area contributed by atoms with E-state index in [-0.39, 0.29) is 23.7 Å². The number of anilines is 1. The van der Waals surface area contributed by atoms with Crippen LogP contribution in [0.15, 0.2) is 91.0 Å². The lowest BCUT2D eigenvalue weighted by molar-refractivity contribution is 0.0893. The Morgan fingerprint density at radius 2 is 1.10 bits per heavy atom. The lowest BCUT2D eigenvalue weighted by Gasteiger charge is -2.32. The highest BCUT2D eigenvalue weighted by Crippen LogP contribution is 2.43. The predicted molar refractivity (Wildman–Crippen MR) is 165 cm³/mol. The number of hydrogen-bond donors (Lipinski definition) is 1. The van der Waals surface area contributed by atoms with Gasteiger partial charge in [0.15, 0.2) is 0 Å². The Labute approximate surface area is 233 Å². The van der Waals surface area contributed by atoms with Crippen LogP contribution in [-0.4, -0.2) is 16.8 Å². The minimum atomic E-state index is -0.265. The first kappa shape index (κ1) is 24.3. The summed E-state index contributed by atoms with van der Waals surface area (Å²) >= 11 is 0. The van der Waals surface area contributed by atoms with Gasteiger partial charge < -0.3 is 4.98 Å². The van der Waals surface area contributed by atoms with Crippen LogP contribution in [0.1, 0.15) is 71.4 Å². The number of rotatable bonds is 4. The highest BCUT2D eigenvalue weighted by molar-refractivity contribution is 6.37. The van der Waals surface area contributed by atoms with Crippen LogP contribution >= 0.6 is 0 Å². The van der Waals surface area contributed by atoms with Crippen molar-refractivity contribution in [2.45, 2.75) is 39.5 Å². The minimum Gasteiger partial charge on any atom is -0.354 e. The van der Waals surface area contributed by atoms with E-state index in [9.17, 15) is 9.59 Å². The van der Waals surface area contributed by atoms with E-state index >= 15 is 0 Å². The van der Waals surface area contributed by atoms with Crippen LogP contribution < -0.4 is 4.90 Å². The Morgan fingerprint density at radius 1 is 0.550 bits per heavy atom. The number of amides is 2. The Balaban J connectivity index is 1.47. The van der Waals surface area contributed by atoms with Crippen molar-refractivity contribution >= 4 is 50.1 Å². The van der Waals surface area contributed by atoms with Crippen molar-refractivity contribution in [3.63, 3.8) is 0 Å². The molecule has 1 aromatic heterocycles. The average Bonchev–Trinajstić information content (AvgIpc) is 3.34. The van der Waals surface area contributed by atoms with Crippen molar-refractivity contribution in [1.82, 2.24) is 4.98 Å². The molecule has 0 saturated carbocycles. The van der Waals surface area contributed by atoms with E-state index in [1.54, 1.807) is 0 Å². The minimum absolute atomic E-state index is 0.158. The summed E-state index contributed by atoms with van der Waals surface area (Å²) in [6.07, 6.45) is 0. The summed E-state index contributed by atoms with van der Waals surface area (Å²) in [7, 11) is 0. The molecule has 1 aliphatic heterocycles. The molecule has 0 fully saturated rings. The fourth-order valence-corrected chi connectivity index (χ4v) is 6.40. The SMILES string of the molecule is CC(C)c1cccc(C(C)C)c1N1C(=O)c2cccc3c(-c4cccc5c4[nH]c4ccccc45)ccc(c23)C1=O. The molecule has 0 atom stereocenters. The Kier molecular flexibility index (Phi) is 5.43. The standard InChI is InChI=1S/C36H30N2O2/c1-20(2)22-11-7-12-23(21(3)4)34(22)38-35(39)29-16-8-13-26-24(18-19-30(32(26)29)36(38)40)27-14-9-15-28-25-10-5-6-17-31(25)37-33(27)28/h5-21,37H,1-4H3. The first-order valence-corrected chi connectivity index (χ1v) is 13.9. The highest BCUT2D eigenvalue weighted by atomic mass is 16.2. The second-order valence-corrected chi connectivity index (χ2v) is 11.3. The van der Waals surface area contributed by atoms with Gasteiger partial charge in [-0.1, -0.05) is 100 Å². The zero-order valence-corrected chi connectivity index (χ0v) is 23.1. The molecular formula is C36H30N2O2. The number of imide groups is 1. The number of carbonyl (C=O) groups is 2. The van der Waals surface area contributed by atoms with E-state index in [0.717, 1.165) is 55.1 Å². The van der Waals surface area contributed by atoms with E-state index in [1.165, 1.54) is 10.3 Å². The number of benzene rings is 5. The Morgan fingerprint density at radius 3 is 1.80 bits per heavy atom. The van der Waals surface area contributed by atoms with Crippen molar-refractivity contribution in [2.75, 3.05) is 4.90 Å². The number of para-hydroxylation sites is 3. The number of aromatic nitrogens is 1. The smallest absolute Gasteiger partial charge is 0.266 e. The predicted octanol–water partition coefficient (Wildman–Crippen LogP) is 9.19. The third-order valence-corrected chi connectivity index (χ3v) is 8.31. The Hall–Kier alpha value is -4.70. The monoisotopic (exact) mass is 522 g/mol. The summed E-state index contributed by atoms with van der Waals surface area (Å²) in [6, 6.07) is 30.4. The quantitative estimate of drug-likeness (QED) is 0.235. The normalized spacial score (nSPS) is 13.5. The molecule has 0 aliphatic carbocycles. The number of carbonyl (C=O) groups excluding carboxylic acids is 2. The van der Waals surface area contributed by atoms with Crippen LogP contribution in [0.4, 0.5) is 5.69 Å². The number of aromatic amines is 1. The number of fused-ring (bicyclic) bond motifs is 3. The van der Waals surface area contributed by atoms with Crippen molar-refractivity contribution in [2.24, 2.45) is 0 Å². The largest absolute Gasteiger partial charge is 0.354 e. The zero-order valence-electron chi connectivity index (χ0n) is 23.1. The maximum atomic E-state index is 14.2. The van der Waals surface area contributed by atoms with Crippen LogP contribution in [-0.2, 0) is 0 Å². The molecule has 2 heterocycles. The summed E-state index contributed by atoms with van der Waals surface area (Å²) in [4.78, 5) is 33.5. The molecule has 4 nitrogen and oxygen atoms in total. The van der Waals surface area contributed by atoms with Gasteiger partial charge in [0.05, 0.1) is 11.2 Å². The van der Waals surface area contributed by atoms with Gasteiger partial charge in [-0.25, -0.2) is 4.90 Å². The number of nitrogens with zero attached hydrogens (tertiary/aromatic N) is 1. The third kappa shape index (κ3) is 3.39. The van der Waals surface area contributed by atoms with Gasteiger partial charge in [-0.2, -0.15) is 0 Å². The van der Waals surface area contributed by atoms with Gasteiger partial charge in [0, 0.05) is 38.4 Å². The van der Waals surface area contributed by atoms with Gasteiger partial charge in [0.2, 0.25) is 0 Å². The second kappa shape index (κ2) is 8.92. The molecule has 1 N–H and O–H groups in total. The second-order valence-electron chi connectivity index (χ2n) is 11.3. The molecule has 6 aromatic rings. The van der Waals surface area contributed by atoms with E-state index < -0.39 is 0 Å². The fraction of sp³-hybridized carbons (Fsp3) is 0.167. The van der Waals surface area contributed by atoms with E-state index in [0.29, 0.717) is 11.1 Å². The van der Waals surface area contributed by atoms with Crippen molar-refractivity contribution < 1.29 is 9.59 Å². The van der Waals surface area contributed by atoms with Crippen molar-refractivity contribution in [3.8, 4) is 11.1 Å². The summed E-state index contributed by atoms with van der Waals surface area (Å²) < 4.78 is 0. The topological polar surface area (TPSA) is 53.2 Å². The molecule has 1 aliphatic rings. The third-order valence-electron chi connectivity index (χ3n) is 8.31. The van der Waals surface area contributed by atoms with Gasteiger partial charge in [-0.05, 0) is 52.1 Å². The van der Waals surface area contributed by atoms with E-state index in [4.69, 9.17) is 0 Å². The number of H-pyrrole nitrogens is 1. The fourth-order valence-electron chi connectivity index (χ4n) is 6.40. The van der Waals surface area contributed by atoms with Crippen LogP contribution in [0, 0.1) is 0 Å². The lowest BCUT2D eigenvalue weighted by Crippen LogP contribution is -2.41. The van der Waals surface area contributed by atoms with Crippen LogP contribution in [0.2, 0.25) is 0 Å². The number of hydrogen-bond acceptors (Lipinski definition) is 2. The lowest BCUT2D eigenvalue weighted by atomic mass is 9.86. The molecule has 4 heteroatoms. The van der Waals surface area contributed by atoms with Crippen molar-refractivity contribution in [1.29, 1.82) is 0 Å². The van der Waals surface area contributed by atoms with Crippen LogP contribution in [0.25, 0.3) is 43.7 Å². The summed E-state index contributed by atoms with van der Waals surface area (Å²) in [5, 5.41) is 3.96. The number of nitrogens with one attached hydrogen (secondary N) is 1. The molecule has 0 saturated heterocycles. The molecule has 196 valence electrons. The van der Waals surface area contributed by atoms with Crippen LogP contribution in [0.5, 0.6) is 0 Å². The van der Waals surface area contributed by atoms with E-state index in [1.807, 2.05) is 54.6 Å². The van der Waals surface area contributed by atoms with Gasteiger partial charge in [-0.15, -0.1) is 0 Å². The molecule has 0 unspecified atom stereocenters. The highest BCUT2D eigenvalue weighted by Gasteiger charge is 2.37. The first-order chi connectivity index (χ1) is 19.4. The molecular weight excluding hydrogens is 492 g/mol. The molecule has 5 aromatic carbocycles. The summed E-state index contributed by atoms with van der Waals surface area (Å²) in [5.74, 6) is -0.213. The van der Waals surface area contributed by atoms with Gasteiger partial charge in [-0.3, -0.25) is 9.59 Å². The zero-order chi connectivity index (χ0) is 27.7. The molecule has 0 bridgehead atoms. The molecule has 0 radical (unpaired) electrons. The van der Waals surface area contributed by atoms with E-state index in [2.05, 4.69) is 69.1 Å². The summed E-state index contributed by atoms with van der Waals surface area (Å²) in [5.41, 5.74) is 8.04. The maximum absolute atomic E-state index is 14.2. The molecule has 2 amide bonds. The van der Waals surface area contributed by atoms with Crippen molar-refractivity contribution in [3.05, 3.63) is 113 Å².